The van der Waals surface area contributed by atoms with Crippen LogP contribution in [0.5, 0.6) is 0 Å². The standard InChI is InChI=1S/C18H26N4OS/c1-12-10-16(13(2)22(12)15-8-6-5-7-9-15)17(23)11-24-18-20-19-14(3)21(18)4/h10,15H,5-9,11H2,1-4H3. The minimum absolute atomic E-state index is 0.177. The molecule has 1 aliphatic carbocycles. The first-order valence-corrected chi connectivity index (χ1v) is 9.68. The van der Waals surface area contributed by atoms with Gasteiger partial charge in [0.2, 0.25) is 0 Å². The maximum absolute atomic E-state index is 12.7. The average Bonchev–Trinajstić information content (AvgIpc) is 3.06. The molecular weight excluding hydrogens is 320 g/mol. The normalized spacial score (nSPS) is 15.8. The third kappa shape index (κ3) is 3.29. The first-order valence-electron chi connectivity index (χ1n) is 8.69. The summed E-state index contributed by atoms with van der Waals surface area (Å²) >= 11 is 1.46. The van der Waals surface area contributed by atoms with Crippen LogP contribution in [0.15, 0.2) is 11.2 Å². The summed E-state index contributed by atoms with van der Waals surface area (Å²) in [6.45, 7) is 6.13. The predicted molar refractivity (Wildman–Crippen MR) is 96.8 cm³/mol. The van der Waals surface area contributed by atoms with Gasteiger partial charge in [-0.3, -0.25) is 4.79 Å². The minimum atomic E-state index is 0.177. The molecule has 0 saturated heterocycles. The molecule has 0 atom stereocenters. The number of carbonyl (C=O) groups is 1. The van der Waals surface area contributed by atoms with Gasteiger partial charge in [0.05, 0.1) is 5.75 Å². The van der Waals surface area contributed by atoms with Gasteiger partial charge in [0.25, 0.3) is 0 Å². The SMILES string of the molecule is Cc1nnc(SCC(=O)c2cc(C)n(C3CCCCC3)c2C)n1C. The number of ketones is 1. The zero-order chi connectivity index (χ0) is 17.3. The topological polar surface area (TPSA) is 52.7 Å². The van der Waals surface area contributed by atoms with E-state index in [2.05, 4.69) is 34.7 Å². The number of hydrogen-bond donors (Lipinski definition) is 0. The Labute approximate surface area is 147 Å². The number of aromatic nitrogens is 4. The Morgan fingerprint density at radius 1 is 1.21 bits per heavy atom. The third-order valence-corrected chi connectivity index (χ3v) is 6.13. The summed E-state index contributed by atoms with van der Waals surface area (Å²) < 4.78 is 4.31. The van der Waals surface area contributed by atoms with E-state index >= 15 is 0 Å². The molecule has 2 heterocycles. The maximum atomic E-state index is 12.7. The van der Waals surface area contributed by atoms with Crippen molar-refractivity contribution in [3.8, 4) is 0 Å². The molecule has 2 aromatic heterocycles. The summed E-state index contributed by atoms with van der Waals surface area (Å²) in [5.74, 6) is 1.44. The second-order valence-corrected chi connectivity index (χ2v) is 7.69. The van der Waals surface area contributed by atoms with Crippen LogP contribution >= 0.6 is 11.8 Å². The molecule has 0 unspecified atom stereocenters. The largest absolute Gasteiger partial charge is 0.345 e. The van der Waals surface area contributed by atoms with Crippen LogP contribution in [0.1, 0.15) is 65.7 Å². The number of hydrogen-bond acceptors (Lipinski definition) is 4. The fourth-order valence-corrected chi connectivity index (χ4v) is 4.52. The molecular formula is C18H26N4OS. The molecule has 0 aromatic carbocycles. The molecule has 0 N–H and O–H groups in total. The molecule has 0 spiro atoms. The van der Waals surface area contributed by atoms with Gasteiger partial charge < -0.3 is 9.13 Å². The first kappa shape index (κ1) is 17.3. The molecule has 1 fully saturated rings. The predicted octanol–water partition coefficient (Wildman–Crippen LogP) is 4.02. The molecule has 6 heteroatoms. The van der Waals surface area contributed by atoms with Gasteiger partial charge in [-0.1, -0.05) is 31.0 Å². The summed E-state index contributed by atoms with van der Waals surface area (Å²) in [4.78, 5) is 12.7. The van der Waals surface area contributed by atoms with Crippen molar-refractivity contribution in [1.82, 2.24) is 19.3 Å². The van der Waals surface area contributed by atoms with Crippen molar-refractivity contribution < 1.29 is 4.79 Å². The van der Waals surface area contributed by atoms with Crippen LogP contribution < -0.4 is 0 Å². The number of aryl methyl sites for hydroxylation is 2. The second-order valence-electron chi connectivity index (χ2n) is 6.75. The Kier molecular flexibility index (Phi) is 5.13. The van der Waals surface area contributed by atoms with E-state index in [1.165, 1.54) is 49.6 Å². The highest BCUT2D eigenvalue weighted by atomic mass is 32.2. The van der Waals surface area contributed by atoms with E-state index in [-0.39, 0.29) is 5.78 Å². The third-order valence-electron chi connectivity index (χ3n) is 5.11. The highest BCUT2D eigenvalue weighted by Gasteiger charge is 2.22. The Morgan fingerprint density at radius 2 is 1.92 bits per heavy atom. The molecule has 130 valence electrons. The van der Waals surface area contributed by atoms with Crippen molar-refractivity contribution in [1.29, 1.82) is 0 Å². The summed E-state index contributed by atoms with van der Waals surface area (Å²) in [5.41, 5.74) is 3.20. The highest BCUT2D eigenvalue weighted by Crippen LogP contribution is 2.32. The zero-order valence-corrected chi connectivity index (χ0v) is 15.8. The maximum Gasteiger partial charge on any atom is 0.191 e. The van der Waals surface area contributed by atoms with Crippen LogP contribution in [-0.4, -0.2) is 30.9 Å². The first-order chi connectivity index (χ1) is 11.5. The van der Waals surface area contributed by atoms with E-state index < -0.39 is 0 Å². The summed E-state index contributed by atoms with van der Waals surface area (Å²) in [7, 11) is 1.93. The second kappa shape index (κ2) is 7.13. The molecule has 0 aliphatic heterocycles. The number of thioether (sulfide) groups is 1. The van der Waals surface area contributed by atoms with Gasteiger partial charge in [-0.05, 0) is 39.7 Å². The molecule has 24 heavy (non-hydrogen) atoms. The van der Waals surface area contributed by atoms with Crippen molar-refractivity contribution in [3.05, 3.63) is 28.8 Å². The summed E-state index contributed by atoms with van der Waals surface area (Å²) in [6, 6.07) is 2.63. The monoisotopic (exact) mass is 346 g/mol. The lowest BCUT2D eigenvalue weighted by Crippen LogP contribution is -2.16. The van der Waals surface area contributed by atoms with Gasteiger partial charge in [0.1, 0.15) is 5.82 Å². The van der Waals surface area contributed by atoms with Crippen LogP contribution in [0.4, 0.5) is 0 Å². The van der Waals surface area contributed by atoms with Crippen LogP contribution in [-0.2, 0) is 7.05 Å². The zero-order valence-electron chi connectivity index (χ0n) is 15.0. The van der Waals surface area contributed by atoms with Crippen LogP contribution in [0.3, 0.4) is 0 Å². The van der Waals surface area contributed by atoms with Gasteiger partial charge in [0.15, 0.2) is 10.9 Å². The van der Waals surface area contributed by atoms with Crippen molar-refractivity contribution in [3.63, 3.8) is 0 Å². The average molecular weight is 347 g/mol. The number of nitrogens with zero attached hydrogens (tertiary/aromatic N) is 4. The lowest BCUT2D eigenvalue weighted by Gasteiger charge is -2.26. The van der Waals surface area contributed by atoms with Crippen LogP contribution in [0.25, 0.3) is 0 Å². The van der Waals surface area contributed by atoms with Gasteiger partial charge in [-0.15, -0.1) is 10.2 Å². The van der Waals surface area contributed by atoms with Crippen molar-refractivity contribution in [2.24, 2.45) is 7.05 Å². The molecule has 5 nitrogen and oxygen atoms in total. The lowest BCUT2D eigenvalue weighted by atomic mass is 9.95. The van der Waals surface area contributed by atoms with Gasteiger partial charge in [-0.2, -0.15) is 0 Å². The van der Waals surface area contributed by atoms with Crippen molar-refractivity contribution in [2.75, 3.05) is 5.75 Å². The number of rotatable bonds is 5. The molecule has 1 aliphatic rings. The molecule has 2 aromatic rings. The number of carbonyl (C=O) groups excluding carboxylic acids is 1. The fourth-order valence-electron chi connectivity index (χ4n) is 3.68. The Bertz CT molecular complexity index is 741. The smallest absolute Gasteiger partial charge is 0.191 e. The van der Waals surface area contributed by atoms with E-state index in [1.54, 1.807) is 0 Å². The number of Topliss-reactive ketones (excluding diaryl/α,β-unsaturated/α-hetero) is 1. The van der Waals surface area contributed by atoms with E-state index in [1.807, 2.05) is 18.5 Å². The summed E-state index contributed by atoms with van der Waals surface area (Å²) in [5, 5.41) is 8.95. The Balaban J connectivity index is 1.74. The van der Waals surface area contributed by atoms with E-state index in [9.17, 15) is 4.79 Å². The van der Waals surface area contributed by atoms with Crippen LogP contribution in [0, 0.1) is 20.8 Å². The minimum Gasteiger partial charge on any atom is -0.345 e. The van der Waals surface area contributed by atoms with Gasteiger partial charge in [0, 0.05) is 30.0 Å². The van der Waals surface area contributed by atoms with Gasteiger partial charge in [-0.25, -0.2) is 0 Å². The van der Waals surface area contributed by atoms with Crippen molar-refractivity contribution >= 4 is 17.5 Å². The fraction of sp³-hybridized carbons (Fsp3) is 0.611. The Morgan fingerprint density at radius 3 is 2.54 bits per heavy atom. The van der Waals surface area contributed by atoms with Crippen LogP contribution in [0.2, 0.25) is 0 Å². The van der Waals surface area contributed by atoms with E-state index in [4.69, 9.17) is 0 Å². The lowest BCUT2D eigenvalue weighted by molar-refractivity contribution is 0.102. The molecule has 1 saturated carbocycles. The molecule has 0 bridgehead atoms. The Hall–Kier alpha value is -1.56. The van der Waals surface area contributed by atoms with E-state index in [0.717, 1.165) is 22.2 Å². The van der Waals surface area contributed by atoms with E-state index in [0.29, 0.717) is 11.8 Å². The quantitative estimate of drug-likeness (QED) is 0.606. The molecule has 3 rings (SSSR count). The summed E-state index contributed by atoms with van der Waals surface area (Å²) in [6.07, 6.45) is 6.40. The molecule has 0 amide bonds. The van der Waals surface area contributed by atoms with Gasteiger partial charge >= 0.3 is 0 Å². The highest BCUT2D eigenvalue weighted by molar-refractivity contribution is 7.99. The van der Waals surface area contributed by atoms with Crippen molar-refractivity contribution in [2.45, 2.75) is 64.1 Å². The molecule has 0 radical (unpaired) electrons.